The van der Waals surface area contributed by atoms with Crippen molar-refractivity contribution >= 4 is 11.9 Å². The van der Waals surface area contributed by atoms with E-state index in [0.29, 0.717) is 28.3 Å². The number of nitrogens with one attached hydrogen (secondary N) is 2. The Bertz CT molecular complexity index is 1990. The van der Waals surface area contributed by atoms with E-state index in [1.165, 1.54) is 22.5 Å². The first-order valence-electron chi connectivity index (χ1n) is 15.4. The number of methoxy groups -OCH3 is 1. The van der Waals surface area contributed by atoms with E-state index in [0.717, 1.165) is 0 Å². The fraction of sp³-hybridized carbons (Fsp3) is 0.278. The summed E-state index contributed by atoms with van der Waals surface area (Å²) in [7, 11) is 1.41. The molecule has 0 aliphatic carbocycles. The lowest BCUT2D eigenvalue weighted by Gasteiger charge is -2.17. The van der Waals surface area contributed by atoms with Crippen molar-refractivity contribution in [2.24, 2.45) is 0 Å². The molecule has 0 spiro atoms. The van der Waals surface area contributed by atoms with Crippen molar-refractivity contribution in [1.82, 2.24) is 19.6 Å². The molecule has 0 atom stereocenters. The highest BCUT2D eigenvalue weighted by Crippen LogP contribution is 2.37. The van der Waals surface area contributed by atoms with Gasteiger partial charge in [0.25, 0.3) is 11.1 Å². The highest BCUT2D eigenvalue weighted by atomic mass is 16.5. The number of aryl methyl sites for hydroxylation is 2. The Labute approximate surface area is 276 Å². The summed E-state index contributed by atoms with van der Waals surface area (Å²) in [4.78, 5) is 53.9. The highest BCUT2D eigenvalue weighted by Gasteiger charge is 2.32. The molecule has 250 valence electrons. The van der Waals surface area contributed by atoms with Gasteiger partial charge in [0, 0.05) is 17.3 Å². The lowest BCUT2D eigenvalue weighted by atomic mass is 9.85. The Morgan fingerprint density at radius 2 is 1.17 bits per heavy atom. The molecule has 5 rings (SSSR count). The molecule has 0 aliphatic rings. The summed E-state index contributed by atoms with van der Waals surface area (Å²) < 4.78 is 18.7. The van der Waals surface area contributed by atoms with Gasteiger partial charge < -0.3 is 19.3 Å². The van der Waals surface area contributed by atoms with Gasteiger partial charge in [-0.15, -0.1) is 0 Å². The van der Waals surface area contributed by atoms with Crippen LogP contribution in [0.1, 0.15) is 82.4 Å². The first-order valence-corrected chi connectivity index (χ1v) is 15.4. The van der Waals surface area contributed by atoms with Gasteiger partial charge in [-0.2, -0.15) is 0 Å². The summed E-state index contributed by atoms with van der Waals surface area (Å²) >= 11 is 0. The van der Waals surface area contributed by atoms with Crippen molar-refractivity contribution < 1.29 is 28.9 Å². The van der Waals surface area contributed by atoms with Gasteiger partial charge in [-0.05, 0) is 95.6 Å². The number of hydrogen-bond acceptors (Lipinski definition) is 8. The number of phenolic OH excluding ortho intramolecular Hbond substituents is 1. The average Bonchev–Trinajstić information content (AvgIpc) is 3.51. The molecule has 3 aromatic carbocycles. The number of aromatic nitrogens is 4. The fourth-order valence-electron chi connectivity index (χ4n) is 5.62. The summed E-state index contributed by atoms with van der Waals surface area (Å²) in [5.74, 6) is -1.93. The second kappa shape index (κ2) is 13.5. The van der Waals surface area contributed by atoms with E-state index < -0.39 is 29.0 Å². The maximum Gasteiger partial charge on any atom is 0.338 e. The summed E-state index contributed by atoms with van der Waals surface area (Å²) in [6, 6.07) is 17.6. The van der Waals surface area contributed by atoms with Crippen LogP contribution in [0, 0.1) is 13.8 Å². The monoisotopic (exact) mass is 654 g/mol. The molecule has 12 heteroatoms. The summed E-state index contributed by atoms with van der Waals surface area (Å²) in [6.45, 7) is 10.4. The van der Waals surface area contributed by atoms with Gasteiger partial charge in [-0.1, -0.05) is 18.2 Å². The molecular formula is C36H38N4O8. The van der Waals surface area contributed by atoms with Gasteiger partial charge in [0.05, 0.1) is 52.9 Å². The molecule has 2 heterocycles. The van der Waals surface area contributed by atoms with Crippen molar-refractivity contribution in [1.29, 1.82) is 0 Å². The summed E-state index contributed by atoms with van der Waals surface area (Å²) in [6.07, 6.45) is -0.646. The van der Waals surface area contributed by atoms with Crippen LogP contribution in [0.2, 0.25) is 0 Å². The minimum absolute atomic E-state index is 0.110. The van der Waals surface area contributed by atoms with Crippen LogP contribution >= 0.6 is 0 Å². The number of phenols is 1. The van der Waals surface area contributed by atoms with Gasteiger partial charge in [0.15, 0.2) is 11.5 Å². The minimum atomic E-state index is -0.933. The van der Waals surface area contributed by atoms with Gasteiger partial charge in [0.2, 0.25) is 0 Å². The SMILES string of the molecule is COc1cc(C(c2c(C)[nH]n(-c3cccc(C(=O)OC(C)C)c3)c2=O)c2c(C)[nH]n(-c3cccc(C(=O)OC(C)C)c3)c2=O)ccc1O. The van der Waals surface area contributed by atoms with Crippen molar-refractivity contribution in [3.8, 4) is 22.9 Å². The third-order valence-corrected chi connectivity index (χ3v) is 7.71. The number of carbonyl (C=O) groups excluding carboxylic acids is 2. The molecule has 0 bridgehead atoms. The van der Waals surface area contributed by atoms with Crippen LogP contribution < -0.4 is 15.9 Å². The number of benzene rings is 3. The molecule has 12 nitrogen and oxygen atoms in total. The zero-order valence-corrected chi connectivity index (χ0v) is 27.8. The lowest BCUT2D eigenvalue weighted by molar-refractivity contribution is 0.0367. The number of carbonyl (C=O) groups is 2. The molecule has 0 aliphatic heterocycles. The van der Waals surface area contributed by atoms with E-state index in [2.05, 4.69) is 10.2 Å². The van der Waals surface area contributed by atoms with Crippen LogP contribution in [0.15, 0.2) is 76.3 Å². The molecule has 0 amide bonds. The molecular weight excluding hydrogens is 616 g/mol. The summed E-state index contributed by atoms with van der Waals surface area (Å²) in [5.41, 5.74) is 2.38. The predicted octanol–water partition coefficient (Wildman–Crippen LogP) is 5.29. The Balaban J connectivity index is 1.70. The number of rotatable bonds is 10. The van der Waals surface area contributed by atoms with E-state index in [9.17, 15) is 24.3 Å². The zero-order valence-electron chi connectivity index (χ0n) is 27.8. The number of nitrogens with zero attached hydrogens (tertiary/aromatic N) is 2. The number of esters is 2. The Kier molecular flexibility index (Phi) is 9.46. The number of aromatic hydroxyl groups is 1. The molecule has 48 heavy (non-hydrogen) atoms. The van der Waals surface area contributed by atoms with Crippen molar-refractivity contribution in [2.75, 3.05) is 7.11 Å². The minimum Gasteiger partial charge on any atom is -0.504 e. The van der Waals surface area contributed by atoms with Gasteiger partial charge in [-0.25, -0.2) is 19.0 Å². The molecule has 3 N–H and O–H groups in total. The molecule has 0 fully saturated rings. The van der Waals surface area contributed by atoms with Crippen LogP contribution in [-0.4, -0.2) is 55.9 Å². The van der Waals surface area contributed by atoms with E-state index in [1.807, 2.05) is 0 Å². The smallest absolute Gasteiger partial charge is 0.338 e. The van der Waals surface area contributed by atoms with Crippen LogP contribution in [0.3, 0.4) is 0 Å². The Morgan fingerprint density at radius 3 is 1.58 bits per heavy atom. The maximum atomic E-state index is 14.3. The quantitative estimate of drug-likeness (QED) is 0.172. The second-order valence-corrected chi connectivity index (χ2v) is 12.0. The molecule has 2 aromatic heterocycles. The van der Waals surface area contributed by atoms with E-state index in [4.69, 9.17) is 14.2 Å². The van der Waals surface area contributed by atoms with Crippen LogP contribution in [0.25, 0.3) is 11.4 Å². The Hall–Kier alpha value is -5.78. The zero-order chi connectivity index (χ0) is 34.9. The topological polar surface area (TPSA) is 158 Å². The standard InChI is InChI=1S/C36H38N4O8/c1-19(2)47-35(44)24-10-8-12-26(16-24)39-33(42)30(21(5)37-39)32(23-14-15-28(41)29(18-23)46-7)31-22(6)38-40(34(31)43)27-13-9-11-25(17-27)36(45)48-20(3)4/h8-20,32,37-38,41H,1-7H3. The maximum absolute atomic E-state index is 14.3. The van der Waals surface area contributed by atoms with Crippen LogP contribution in [0.4, 0.5) is 0 Å². The first-order chi connectivity index (χ1) is 22.8. The third-order valence-electron chi connectivity index (χ3n) is 7.71. The van der Waals surface area contributed by atoms with Crippen LogP contribution in [0.5, 0.6) is 11.5 Å². The molecule has 5 aromatic rings. The van der Waals surface area contributed by atoms with E-state index >= 15 is 0 Å². The van der Waals surface area contributed by atoms with Crippen molar-refractivity contribution in [3.05, 3.63) is 127 Å². The molecule has 0 radical (unpaired) electrons. The van der Waals surface area contributed by atoms with Gasteiger partial charge >= 0.3 is 11.9 Å². The number of ether oxygens (including phenoxy) is 3. The van der Waals surface area contributed by atoms with Crippen molar-refractivity contribution in [2.45, 2.75) is 59.7 Å². The second-order valence-electron chi connectivity index (χ2n) is 12.0. The first kappa shape index (κ1) is 33.6. The number of aromatic amines is 2. The number of hydrogen-bond donors (Lipinski definition) is 3. The fourth-order valence-corrected chi connectivity index (χ4v) is 5.62. The largest absolute Gasteiger partial charge is 0.504 e. The third kappa shape index (κ3) is 6.55. The predicted molar refractivity (Wildman–Crippen MR) is 179 cm³/mol. The summed E-state index contributed by atoms with van der Waals surface area (Å²) in [5, 5.41) is 16.6. The molecule has 0 saturated carbocycles. The van der Waals surface area contributed by atoms with Crippen molar-refractivity contribution in [3.63, 3.8) is 0 Å². The lowest BCUT2D eigenvalue weighted by Crippen LogP contribution is -2.25. The Morgan fingerprint density at radius 1 is 0.708 bits per heavy atom. The molecule has 0 unspecified atom stereocenters. The van der Waals surface area contributed by atoms with Gasteiger partial charge in [0.1, 0.15) is 0 Å². The highest BCUT2D eigenvalue weighted by molar-refractivity contribution is 5.90. The van der Waals surface area contributed by atoms with Gasteiger partial charge in [-0.3, -0.25) is 19.8 Å². The van der Waals surface area contributed by atoms with E-state index in [-0.39, 0.29) is 46.0 Å². The van der Waals surface area contributed by atoms with E-state index in [1.54, 1.807) is 102 Å². The van der Waals surface area contributed by atoms with Crippen LogP contribution in [-0.2, 0) is 9.47 Å². The molecule has 0 saturated heterocycles. The average molecular weight is 655 g/mol. The number of H-pyrrole nitrogens is 2. The normalized spacial score (nSPS) is 11.4.